The zero-order valence-corrected chi connectivity index (χ0v) is 15.9. The number of aryl methyl sites for hydroxylation is 2. The minimum atomic E-state index is 0. The van der Waals surface area contributed by atoms with E-state index in [0.717, 1.165) is 12.1 Å². The summed E-state index contributed by atoms with van der Waals surface area (Å²) in [4.78, 5) is 4.74. The first kappa shape index (κ1) is 15.9. The van der Waals surface area contributed by atoms with Gasteiger partial charge in [-0.15, -0.1) is 24.0 Å². The Balaban J connectivity index is 0.00000146. The van der Waals surface area contributed by atoms with Crippen LogP contribution in [0.4, 0.5) is 5.69 Å². The zero-order chi connectivity index (χ0) is 15.4. The summed E-state index contributed by atoms with van der Waals surface area (Å²) in [7, 11) is 0. The molecule has 0 radical (unpaired) electrons. The van der Waals surface area contributed by atoms with Crippen molar-refractivity contribution in [2.24, 2.45) is 16.6 Å². The molecular weight excluding hydrogens is 409 g/mol. The topological polar surface area (TPSA) is 50.4 Å². The first-order valence-corrected chi connectivity index (χ1v) is 8.59. The predicted octanol–water partition coefficient (Wildman–Crippen LogP) is 3.86. The monoisotopic (exact) mass is 431 g/mol. The molecule has 4 heteroatoms. The fraction of sp³-hybridized carbons (Fsp3) is 0.350. The lowest BCUT2D eigenvalue weighted by Gasteiger charge is -2.09. The molecule has 2 aromatic rings. The van der Waals surface area contributed by atoms with E-state index in [2.05, 4.69) is 47.8 Å². The van der Waals surface area contributed by atoms with Gasteiger partial charge in [0.1, 0.15) is 0 Å². The molecule has 0 saturated heterocycles. The van der Waals surface area contributed by atoms with Crippen LogP contribution in [0, 0.1) is 5.92 Å². The van der Waals surface area contributed by atoms with Gasteiger partial charge in [0.05, 0.1) is 6.04 Å². The zero-order valence-electron chi connectivity index (χ0n) is 13.5. The number of hydrogen-bond donors (Lipinski definition) is 2. The number of benzene rings is 2. The second kappa shape index (κ2) is 6.06. The van der Waals surface area contributed by atoms with Crippen LogP contribution in [-0.4, -0.2) is 12.0 Å². The second-order valence-corrected chi connectivity index (χ2v) is 7.06. The first-order valence-electron chi connectivity index (χ1n) is 8.59. The lowest BCUT2D eigenvalue weighted by atomic mass is 10.1. The van der Waals surface area contributed by atoms with Crippen LogP contribution in [0.1, 0.15) is 34.6 Å². The van der Waals surface area contributed by atoms with E-state index in [1.165, 1.54) is 41.5 Å². The lowest BCUT2D eigenvalue weighted by Crippen LogP contribution is -2.23. The quantitative estimate of drug-likeness (QED) is 0.431. The van der Waals surface area contributed by atoms with E-state index in [4.69, 9.17) is 10.7 Å². The predicted molar refractivity (Wildman–Crippen MR) is 109 cm³/mol. The Morgan fingerprint density at radius 1 is 1.04 bits per heavy atom. The maximum Gasteiger partial charge on any atom is 0.193 e. The van der Waals surface area contributed by atoms with Crippen LogP contribution in [0.25, 0.3) is 0 Å². The summed E-state index contributed by atoms with van der Waals surface area (Å²) in [5, 5.41) is 3.28. The number of anilines is 1. The average molecular weight is 431 g/mol. The second-order valence-electron chi connectivity index (χ2n) is 7.06. The molecule has 3 nitrogen and oxygen atoms in total. The van der Waals surface area contributed by atoms with Gasteiger partial charge >= 0.3 is 0 Å². The van der Waals surface area contributed by atoms with Gasteiger partial charge in [0.25, 0.3) is 0 Å². The smallest absolute Gasteiger partial charge is 0.193 e. The average Bonchev–Trinajstić information content (AvgIpc) is 2.92. The molecule has 0 heterocycles. The molecular formula is C20H22IN3. The number of nitrogens with zero attached hydrogens (tertiary/aromatic N) is 1. The third-order valence-electron chi connectivity index (χ3n) is 5.66. The van der Waals surface area contributed by atoms with E-state index in [-0.39, 0.29) is 24.0 Å². The van der Waals surface area contributed by atoms with Gasteiger partial charge in [-0.05, 0) is 66.0 Å². The lowest BCUT2D eigenvalue weighted by molar-refractivity contribution is 0.801. The standard InChI is InChI=1S/C20H21N3.HI/c21-20(22-15-9-8-12-5-3-6-13(12)10-15)23-19-17-11-14-4-1-2-7-16(14)18(17)19;/h1-2,4,7-10,17-19H,3,5-6,11H2,(H3,21,22,23);1H. The molecule has 1 saturated carbocycles. The molecule has 3 aliphatic rings. The van der Waals surface area contributed by atoms with Crippen molar-refractivity contribution < 1.29 is 0 Å². The van der Waals surface area contributed by atoms with E-state index in [1.54, 1.807) is 0 Å². The summed E-state index contributed by atoms with van der Waals surface area (Å²) in [5.41, 5.74) is 13.1. The van der Waals surface area contributed by atoms with Crippen LogP contribution >= 0.6 is 24.0 Å². The molecule has 3 atom stereocenters. The van der Waals surface area contributed by atoms with Crippen LogP contribution in [-0.2, 0) is 19.3 Å². The summed E-state index contributed by atoms with van der Waals surface area (Å²) in [5.74, 6) is 1.80. The van der Waals surface area contributed by atoms with E-state index >= 15 is 0 Å². The van der Waals surface area contributed by atoms with Gasteiger partial charge in [-0.1, -0.05) is 30.3 Å². The first-order chi connectivity index (χ1) is 11.3. The van der Waals surface area contributed by atoms with E-state index < -0.39 is 0 Å². The minimum Gasteiger partial charge on any atom is -0.370 e. The Hall–Kier alpha value is -1.56. The molecule has 1 fully saturated rings. The van der Waals surface area contributed by atoms with E-state index in [9.17, 15) is 0 Å². The third-order valence-corrected chi connectivity index (χ3v) is 5.66. The van der Waals surface area contributed by atoms with Gasteiger partial charge in [0.15, 0.2) is 5.96 Å². The molecule has 24 heavy (non-hydrogen) atoms. The Morgan fingerprint density at radius 3 is 2.79 bits per heavy atom. The van der Waals surface area contributed by atoms with Crippen LogP contribution in [0.2, 0.25) is 0 Å². The Labute approximate surface area is 159 Å². The Morgan fingerprint density at radius 2 is 1.88 bits per heavy atom. The molecule has 0 amide bonds. The largest absolute Gasteiger partial charge is 0.370 e. The maximum atomic E-state index is 6.15. The third kappa shape index (κ3) is 2.61. The van der Waals surface area contributed by atoms with Crippen molar-refractivity contribution in [3.8, 4) is 0 Å². The molecule has 0 aliphatic heterocycles. The van der Waals surface area contributed by atoms with Gasteiger partial charge in [-0.25, -0.2) is 4.99 Å². The molecule has 0 spiro atoms. The number of halogens is 1. The fourth-order valence-corrected chi connectivity index (χ4v) is 4.48. The summed E-state index contributed by atoms with van der Waals surface area (Å²) in [6.07, 6.45) is 4.82. The summed E-state index contributed by atoms with van der Waals surface area (Å²) >= 11 is 0. The van der Waals surface area contributed by atoms with Crippen LogP contribution < -0.4 is 11.1 Å². The van der Waals surface area contributed by atoms with Crippen LogP contribution in [0.5, 0.6) is 0 Å². The van der Waals surface area contributed by atoms with Gasteiger partial charge in [-0.2, -0.15) is 0 Å². The molecule has 5 rings (SSSR count). The molecule has 3 N–H and O–H groups in total. The molecule has 124 valence electrons. The molecule has 0 aromatic heterocycles. The highest BCUT2D eigenvalue weighted by Crippen LogP contribution is 2.58. The van der Waals surface area contributed by atoms with Crippen molar-refractivity contribution in [3.63, 3.8) is 0 Å². The normalized spacial score (nSPS) is 26.2. The highest BCUT2D eigenvalue weighted by atomic mass is 127. The van der Waals surface area contributed by atoms with E-state index in [0.29, 0.717) is 23.8 Å². The summed E-state index contributed by atoms with van der Waals surface area (Å²) < 4.78 is 0. The number of nitrogens with one attached hydrogen (secondary N) is 1. The van der Waals surface area contributed by atoms with Gasteiger partial charge < -0.3 is 11.1 Å². The molecule has 3 unspecified atom stereocenters. The Bertz CT molecular complexity index is 814. The van der Waals surface area contributed by atoms with Gasteiger partial charge in [0.2, 0.25) is 0 Å². The van der Waals surface area contributed by atoms with Crippen LogP contribution in [0.15, 0.2) is 47.5 Å². The van der Waals surface area contributed by atoms with Crippen molar-refractivity contribution in [3.05, 3.63) is 64.7 Å². The Kier molecular flexibility index (Phi) is 4.03. The highest BCUT2D eigenvalue weighted by Gasteiger charge is 2.55. The van der Waals surface area contributed by atoms with Crippen molar-refractivity contribution in [1.29, 1.82) is 0 Å². The number of fused-ring (bicyclic) bond motifs is 4. The van der Waals surface area contributed by atoms with E-state index in [1.807, 2.05) is 0 Å². The highest BCUT2D eigenvalue weighted by molar-refractivity contribution is 14.0. The number of nitrogens with two attached hydrogens (primary N) is 1. The van der Waals surface area contributed by atoms with Crippen molar-refractivity contribution in [2.45, 2.75) is 37.6 Å². The summed E-state index contributed by atoms with van der Waals surface area (Å²) in [6.45, 7) is 0. The molecule has 2 aromatic carbocycles. The van der Waals surface area contributed by atoms with Gasteiger partial charge in [-0.3, -0.25) is 0 Å². The van der Waals surface area contributed by atoms with Crippen LogP contribution in [0.3, 0.4) is 0 Å². The number of hydrogen-bond acceptors (Lipinski definition) is 1. The fourth-order valence-electron chi connectivity index (χ4n) is 4.48. The summed E-state index contributed by atoms with van der Waals surface area (Å²) in [6, 6.07) is 15.7. The maximum absolute atomic E-state index is 6.15. The van der Waals surface area contributed by atoms with Crippen molar-refractivity contribution >= 4 is 35.6 Å². The number of aliphatic imine (C=N–C) groups is 1. The number of rotatable bonds is 2. The molecule has 0 bridgehead atoms. The van der Waals surface area contributed by atoms with Gasteiger partial charge in [0, 0.05) is 11.6 Å². The minimum absolute atomic E-state index is 0. The number of guanidine groups is 1. The van der Waals surface area contributed by atoms with Crippen molar-refractivity contribution in [2.75, 3.05) is 5.32 Å². The SMILES string of the molecule is I.NC(=NC1C2Cc3ccccc3C21)Nc1ccc2c(c1)CCC2. The molecule has 3 aliphatic carbocycles. The van der Waals surface area contributed by atoms with Crippen molar-refractivity contribution in [1.82, 2.24) is 0 Å².